The lowest BCUT2D eigenvalue weighted by atomic mass is 10.1. The molecule has 0 amide bonds. The summed E-state index contributed by atoms with van der Waals surface area (Å²) in [6.07, 6.45) is 2.49. The van der Waals surface area contributed by atoms with Gasteiger partial charge in [0.2, 0.25) is 0 Å². The number of aromatic nitrogens is 3. The summed E-state index contributed by atoms with van der Waals surface area (Å²) in [7, 11) is 1.68. The van der Waals surface area contributed by atoms with Crippen LogP contribution in [0.3, 0.4) is 0 Å². The van der Waals surface area contributed by atoms with E-state index in [1.165, 1.54) is 11.9 Å². The molecule has 0 saturated heterocycles. The fourth-order valence-electron chi connectivity index (χ4n) is 2.10. The Hall–Kier alpha value is -1.88. The molecule has 0 saturated carbocycles. The highest BCUT2D eigenvalue weighted by atomic mass is 16.5. The third kappa shape index (κ3) is 3.79. The molecule has 2 N–H and O–H groups in total. The lowest BCUT2D eigenvalue weighted by molar-refractivity contribution is 0.414. The Morgan fingerprint density at radius 2 is 2.00 bits per heavy atom. The number of aromatic amines is 1. The van der Waals surface area contributed by atoms with Crippen molar-refractivity contribution in [2.24, 2.45) is 0 Å². The molecule has 1 aromatic carbocycles. The molecule has 0 fully saturated rings. The first-order chi connectivity index (χ1) is 9.19. The second-order valence-corrected chi connectivity index (χ2v) is 4.71. The van der Waals surface area contributed by atoms with Crippen LogP contribution in [-0.4, -0.2) is 28.3 Å². The van der Waals surface area contributed by atoms with E-state index in [1.807, 2.05) is 12.1 Å². The van der Waals surface area contributed by atoms with Crippen molar-refractivity contribution < 1.29 is 4.74 Å². The van der Waals surface area contributed by atoms with Gasteiger partial charge in [-0.2, -0.15) is 5.10 Å². The topological polar surface area (TPSA) is 62.8 Å². The molecular weight excluding hydrogens is 240 g/mol. The van der Waals surface area contributed by atoms with Crippen LogP contribution in [-0.2, 0) is 6.42 Å². The zero-order valence-corrected chi connectivity index (χ0v) is 11.6. The first-order valence-electron chi connectivity index (χ1n) is 6.43. The minimum absolute atomic E-state index is 0.163. The summed E-state index contributed by atoms with van der Waals surface area (Å²) in [4.78, 5) is 4.15. The average Bonchev–Trinajstić information content (AvgIpc) is 2.93. The van der Waals surface area contributed by atoms with Crippen LogP contribution in [0.2, 0.25) is 0 Å². The second kappa shape index (κ2) is 6.33. The van der Waals surface area contributed by atoms with Crippen LogP contribution in [0.15, 0.2) is 30.6 Å². The highest BCUT2D eigenvalue weighted by Gasteiger charge is 2.12. The summed E-state index contributed by atoms with van der Waals surface area (Å²) >= 11 is 0. The van der Waals surface area contributed by atoms with Crippen molar-refractivity contribution >= 4 is 0 Å². The van der Waals surface area contributed by atoms with Crippen LogP contribution in [0.25, 0.3) is 0 Å². The van der Waals surface area contributed by atoms with Crippen molar-refractivity contribution in [1.82, 2.24) is 20.5 Å². The average molecular weight is 260 g/mol. The van der Waals surface area contributed by atoms with Crippen LogP contribution in [0.4, 0.5) is 0 Å². The van der Waals surface area contributed by atoms with E-state index in [0.29, 0.717) is 6.04 Å². The first kappa shape index (κ1) is 13.5. The van der Waals surface area contributed by atoms with Gasteiger partial charge in [-0.15, -0.1) is 0 Å². The Bertz CT molecular complexity index is 481. The molecule has 1 aromatic heterocycles. The van der Waals surface area contributed by atoms with E-state index in [0.717, 1.165) is 18.0 Å². The quantitative estimate of drug-likeness (QED) is 0.835. The lowest BCUT2D eigenvalue weighted by Gasteiger charge is -2.18. The highest BCUT2D eigenvalue weighted by Crippen LogP contribution is 2.14. The molecule has 0 aliphatic heterocycles. The minimum Gasteiger partial charge on any atom is -0.497 e. The van der Waals surface area contributed by atoms with Gasteiger partial charge >= 0.3 is 0 Å². The van der Waals surface area contributed by atoms with Gasteiger partial charge in [0.05, 0.1) is 13.2 Å². The monoisotopic (exact) mass is 260 g/mol. The van der Waals surface area contributed by atoms with E-state index < -0.39 is 0 Å². The maximum absolute atomic E-state index is 5.15. The number of nitrogens with one attached hydrogen (secondary N) is 2. The largest absolute Gasteiger partial charge is 0.497 e. The van der Waals surface area contributed by atoms with Gasteiger partial charge in [-0.3, -0.25) is 5.10 Å². The van der Waals surface area contributed by atoms with Crippen molar-refractivity contribution in [2.45, 2.75) is 32.4 Å². The number of methoxy groups -OCH3 is 1. The van der Waals surface area contributed by atoms with E-state index in [-0.39, 0.29) is 6.04 Å². The molecule has 0 spiro atoms. The third-order valence-electron chi connectivity index (χ3n) is 3.08. The number of hydrogen-bond donors (Lipinski definition) is 2. The SMILES string of the molecule is COc1ccc(CC(C)NC(C)c2ncn[nH]2)cc1. The van der Waals surface area contributed by atoms with Gasteiger partial charge in [0, 0.05) is 6.04 Å². The summed E-state index contributed by atoms with van der Waals surface area (Å²) in [5, 5.41) is 10.2. The summed E-state index contributed by atoms with van der Waals surface area (Å²) in [5.74, 6) is 1.75. The Morgan fingerprint density at radius 1 is 1.26 bits per heavy atom. The summed E-state index contributed by atoms with van der Waals surface area (Å²) in [6, 6.07) is 8.68. The predicted molar refractivity (Wildman–Crippen MR) is 74.1 cm³/mol. The first-order valence-corrected chi connectivity index (χ1v) is 6.43. The zero-order chi connectivity index (χ0) is 13.7. The van der Waals surface area contributed by atoms with Crippen molar-refractivity contribution in [3.05, 3.63) is 42.0 Å². The Morgan fingerprint density at radius 3 is 2.58 bits per heavy atom. The molecule has 2 unspecified atom stereocenters. The smallest absolute Gasteiger partial charge is 0.141 e. The maximum Gasteiger partial charge on any atom is 0.141 e. The molecule has 102 valence electrons. The number of rotatable bonds is 6. The van der Waals surface area contributed by atoms with Gasteiger partial charge in [-0.05, 0) is 38.0 Å². The summed E-state index contributed by atoms with van der Waals surface area (Å²) < 4.78 is 5.15. The molecule has 0 radical (unpaired) electrons. The fraction of sp³-hybridized carbons (Fsp3) is 0.429. The van der Waals surface area contributed by atoms with Crippen LogP contribution in [0.1, 0.15) is 31.3 Å². The molecule has 1 heterocycles. The van der Waals surface area contributed by atoms with Crippen LogP contribution >= 0.6 is 0 Å². The van der Waals surface area contributed by atoms with Crippen LogP contribution in [0, 0.1) is 0 Å². The molecule has 5 heteroatoms. The summed E-state index contributed by atoms with van der Waals surface area (Å²) in [6.45, 7) is 4.24. The van der Waals surface area contributed by atoms with Gasteiger partial charge in [0.1, 0.15) is 17.9 Å². The van der Waals surface area contributed by atoms with Crippen molar-refractivity contribution in [3.63, 3.8) is 0 Å². The van der Waals surface area contributed by atoms with Crippen molar-refractivity contribution in [2.75, 3.05) is 7.11 Å². The van der Waals surface area contributed by atoms with E-state index in [2.05, 4.69) is 46.5 Å². The molecule has 19 heavy (non-hydrogen) atoms. The minimum atomic E-state index is 0.163. The number of benzene rings is 1. The molecular formula is C14H20N4O. The highest BCUT2D eigenvalue weighted by molar-refractivity contribution is 5.27. The number of nitrogens with zero attached hydrogens (tertiary/aromatic N) is 2. The van der Waals surface area contributed by atoms with Gasteiger partial charge in [-0.25, -0.2) is 4.98 Å². The molecule has 0 bridgehead atoms. The molecule has 0 aliphatic rings. The second-order valence-electron chi connectivity index (χ2n) is 4.71. The number of hydrogen-bond acceptors (Lipinski definition) is 4. The Kier molecular flexibility index (Phi) is 4.52. The van der Waals surface area contributed by atoms with Gasteiger partial charge in [-0.1, -0.05) is 12.1 Å². The van der Waals surface area contributed by atoms with Crippen LogP contribution < -0.4 is 10.1 Å². The van der Waals surface area contributed by atoms with E-state index in [9.17, 15) is 0 Å². The summed E-state index contributed by atoms with van der Waals surface area (Å²) in [5.41, 5.74) is 1.28. The zero-order valence-electron chi connectivity index (χ0n) is 11.6. The number of ether oxygens (including phenoxy) is 1. The molecule has 2 atom stereocenters. The molecule has 2 aromatic rings. The fourth-order valence-corrected chi connectivity index (χ4v) is 2.10. The van der Waals surface area contributed by atoms with Gasteiger partial charge < -0.3 is 10.1 Å². The van der Waals surface area contributed by atoms with Crippen molar-refractivity contribution in [1.29, 1.82) is 0 Å². The van der Waals surface area contributed by atoms with E-state index in [1.54, 1.807) is 7.11 Å². The van der Waals surface area contributed by atoms with E-state index in [4.69, 9.17) is 4.74 Å². The van der Waals surface area contributed by atoms with E-state index >= 15 is 0 Å². The van der Waals surface area contributed by atoms with Gasteiger partial charge in [0.25, 0.3) is 0 Å². The predicted octanol–water partition coefficient (Wildman–Crippen LogP) is 2.10. The normalized spacial score (nSPS) is 14.1. The molecule has 2 rings (SSSR count). The Labute approximate surface area is 113 Å². The Balaban J connectivity index is 1.88. The molecule has 5 nitrogen and oxygen atoms in total. The van der Waals surface area contributed by atoms with Crippen molar-refractivity contribution in [3.8, 4) is 5.75 Å². The number of H-pyrrole nitrogens is 1. The van der Waals surface area contributed by atoms with Crippen LogP contribution in [0.5, 0.6) is 5.75 Å². The third-order valence-corrected chi connectivity index (χ3v) is 3.08. The van der Waals surface area contributed by atoms with Gasteiger partial charge in [0.15, 0.2) is 0 Å². The molecule has 0 aliphatic carbocycles. The standard InChI is InChI=1S/C14H20N4O/c1-10(17-11(2)14-15-9-16-18-14)8-12-4-6-13(19-3)7-5-12/h4-7,9-11,17H,8H2,1-3H3,(H,15,16,18). The maximum atomic E-state index is 5.15. The lowest BCUT2D eigenvalue weighted by Crippen LogP contribution is -2.31.